The summed E-state index contributed by atoms with van der Waals surface area (Å²) in [7, 11) is 0. The van der Waals surface area contributed by atoms with Crippen LogP contribution in [-0.4, -0.2) is 21.2 Å². The molecule has 2 aromatic heterocycles. The summed E-state index contributed by atoms with van der Waals surface area (Å²) in [6, 6.07) is 8.17. The number of rotatable bonds is 1. The fourth-order valence-electron chi connectivity index (χ4n) is 2.72. The molecule has 0 spiro atoms. The molecule has 0 saturated carbocycles. The third-order valence-electron chi connectivity index (χ3n) is 3.55. The van der Waals surface area contributed by atoms with Crippen LogP contribution < -0.4 is 4.74 Å². The van der Waals surface area contributed by atoms with E-state index in [-0.39, 0.29) is 0 Å². The molecule has 0 bridgehead atoms. The molecule has 4 nitrogen and oxygen atoms in total. The van der Waals surface area contributed by atoms with Crippen LogP contribution >= 0.6 is 0 Å². The highest BCUT2D eigenvalue weighted by atomic mass is 16.5. The van der Waals surface area contributed by atoms with Gasteiger partial charge in [-0.3, -0.25) is 0 Å². The van der Waals surface area contributed by atoms with Gasteiger partial charge in [-0.25, -0.2) is 9.50 Å². The van der Waals surface area contributed by atoms with Crippen molar-refractivity contribution < 1.29 is 4.74 Å². The topological polar surface area (TPSA) is 39.4 Å². The molecule has 1 aliphatic rings. The van der Waals surface area contributed by atoms with Gasteiger partial charge in [-0.2, -0.15) is 5.10 Å². The number of fused-ring (bicyclic) bond motifs is 2. The van der Waals surface area contributed by atoms with E-state index in [1.54, 1.807) is 6.20 Å². The summed E-state index contributed by atoms with van der Waals surface area (Å²) in [4.78, 5) is 4.45. The second-order valence-corrected chi connectivity index (χ2v) is 4.74. The third kappa shape index (κ3) is 1.46. The number of nitrogens with zero attached hydrogens (tertiary/aromatic N) is 3. The number of para-hydroxylation sites is 1. The molecule has 94 valence electrons. The van der Waals surface area contributed by atoms with Crippen LogP contribution in [-0.2, 0) is 6.42 Å². The maximum absolute atomic E-state index is 5.79. The summed E-state index contributed by atoms with van der Waals surface area (Å²) < 4.78 is 7.61. The summed E-state index contributed by atoms with van der Waals surface area (Å²) in [6.45, 7) is 2.77. The quantitative estimate of drug-likeness (QED) is 0.667. The van der Waals surface area contributed by atoms with E-state index in [2.05, 4.69) is 28.3 Å². The Balaban J connectivity index is 2.06. The molecule has 0 aliphatic carbocycles. The van der Waals surface area contributed by atoms with Crippen LogP contribution in [0.2, 0.25) is 0 Å². The second-order valence-electron chi connectivity index (χ2n) is 4.74. The van der Waals surface area contributed by atoms with Crippen molar-refractivity contribution >= 4 is 5.65 Å². The van der Waals surface area contributed by atoms with Crippen molar-refractivity contribution in [3.8, 4) is 16.9 Å². The van der Waals surface area contributed by atoms with Gasteiger partial charge in [0.1, 0.15) is 5.75 Å². The number of aryl methyl sites for hydroxylation is 1. The van der Waals surface area contributed by atoms with Gasteiger partial charge in [-0.05, 0) is 18.6 Å². The van der Waals surface area contributed by atoms with Gasteiger partial charge in [0.15, 0.2) is 5.65 Å². The van der Waals surface area contributed by atoms with Crippen LogP contribution in [0.5, 0.6) is 5.75 Å². The molecule has 19 heavy (non-hydrogen) atoms. The van der Waals surface area contributed by atoms with Gasteiger partial charge in [-0.1, -0.05) is 18.2 Å². The van der Waals surface area contributed by atoms with Crippen LogP contribution in [0.15, 0.2) is 36.7 Å². The van der Waals surface area contributed by atoms with Crippen LogP contribution in [0, 0.1) is 6.92 Å². The lowest BCUT2D eigenvalue weighted by Gasteiger charge is -2.07. The average Bonchev–Trinajstić information content (AvgIpc) is 3.01. The lowest BCUT2D eigenvalue weighted by molar-refractivity contribution is 0.358. The van der Waals surface area contributed by atoms with E-state index in [4.69, 9.17) is 4.74 Å². The van der Waals surface area contributed by atoms with Gasteiger partial charge in [0.2, 0.25) is 0 Å². The van der Waals surface area contributed by atoms with Crippen molar-refractivity contribution in [1.29, 1.82) is 0 Å². The summed E-state index contributed by atoms with van der Waals surface area (Å²) in [6.07, 6.45) is 4.70. The van der Waals surface area contributed by atoms with E-state index in [1.165, 1.54) is 5.56 Å². The molecule has 0 saturated heterocycles. The molecule has 1 aliphatic heterocycles. The first-order valence-corrected chi connectivity index (χ1v) is 6.39. The zero-order valence-electron chi connectivity index (χ0n) is 10.6. The first-order valence-electron chi connectivity index (χ1n) is 6.39. The van der Waals surface area contributed by atoms with Crippen LogP contribution in [0.25, 0.3) is 16.8 Å². The van der Waals surface area contributed by atoms with Crippen molar-refractivity contribution in [1.82, 2.24) is 14.6 Å². The number of benzene rings is 1. The van der Waals surface area contributed by atoms with E-state index in [0.717, 1.165) is 41.2 Å². The molecule has 0 fully saturated rings. The van der Waals surface area contributed by atoms with Gasteiger partial charge >= 0.3 is 0 Å². The molecule has 0 amide bonds. The van der Waals surface area contributed by atoms with Crippen molar-refractivity contribution in [3.63, 3.8) is 0 Å². The summed E-state index contributed by atoms with van der Waals surface area (Å²) in [5.41, 5.74) is 5.29. The molecule has 0 radical (unpaired) electrons. The van der Waals surface area contributed by atoms with Gasteiger partial charge in [0, 0.05) is 24.4 Å². The number of ether oxygens (including phenoxy) is 1. The SMILES string of the molecule is Cc1nn2cccnc2c1-c1cccc2c1OCC2. The summed E-state index contributed by atoms with van der Waals surface area (Å²) in [5, 5.41) is 4.51. The molecule has 3 heterocycles. The van der Waals surface area contributed by atoms with Gasteiger partial charge in [-0.15, -0.1) is 0 Å². The average molecular weight is 251 g/mol. The van der Waals surface area contributed by atoms with Gasteiger partial charge < -0.3 is 4.74 Å². The summed E-state index contributed by atoms with van der Waals surface area (Å²) >= 11 is 0. The van der Waals surface area contributed by atoms with Crippen LogP contribution in [0.4, 0.5) is 0 Å². The van der Waals surface area contributed by atoms with Crippen molar-refractivity contribution in [2.45, 2.75) is 13.3 Å². The molecule has 0 atom stereocenters. The predicted octanol–water partition coefficient (Wildman–Crippen LogP) is 2.64. The lowest BCUT2D eigenvalue weighted by atomic mass is 10.0. The third-order valence-corrected chi connectivity index (χ3v) is 3.55. The number of aromatic nitrogens is 3. The van der Waals surface area contributed by atoms with Crippen molar-refractivity contribution in [2.24, 2.45) is 0 Å². The van der Waals surface area contributed by atoms with E-state index < -0.39 is 0 Å². The molecule has 0 unspecified atom stereocenters. The molecule has 0 N–H and O–H groups in total. The number of hydrogen-bond acceptors (Lipinski definition) is 3. The first-order chi connectivity index (χ1) is 9.34. The second kappa shape index (κ2) is 3.82. The van der Waals surface area contributed by atoms with E-state index in [1.807, 2.05) is 23.7 Å². The molecule has 4 rings (SSSR count). The Morgan fingerprint density at radius 2 is 2.21 bits per heavy atom. The maximum Gasteiger partial charge on any atom is 0.163 e. The zero-order chi connectivity index (χ0) is 12.8. The fraction of sp³-hybridized carbons (Fsp3) is 0.200. The molecule has 1 aromatic carbocycles. The lowest BCUT2D eigenvalue weighted by Crippen LogP contribution is -1.90. The molecular formula is C15H13N3O. The Kier molecular flexibility index (Phi) is 2.12. The van der Waals surface area contributed by atoms with Gasteiger partial charge in [0.25, 0.3) is 0 Å². The van der Waals surface area contributed by atoms with E-state index >= 15 is 0 Å². The highest BCUT2D eigenvalue weighted by molar-refractivity contribution is 5.84. The van der Waals surface area contributed by atoms with E-state index in [0.29, 0.717) is 0 Å². The highest BCUT2D eigenvalue weighted by Gasteiger charge is 2.21. The van der Waals surface area contributed by atoms with Crippen molar-refractivity contribution in [3.05, 3.63) is 47.9 Å². The minimum atomic E-state index is 0.762. The Hall–Kier alpha value is -2.36. The molecular weight excluding hydrogens is 238 g/mol. The van der Waals surface area contributed by atoms with Gasteiger partial charge in [0.05, 0.1) is 17.9 Å². The predicted molar refractivity (Wildman–Crippen MR) is 72.4 cm³/mol. The minimum absolute atomic E-state index is 0.762. The Bertz CT molecular complexity index is 776. The molecule has 4 heteroatoms. The first kappa shape index (κ1) is 10.6. The van der Waals surface area contributed by atoms with E-state index in [9.17, 15) is 0 Å². The number of hydrogen-bond donors (Lipinski definition) is 0. The fourth-order valence-corrected chi connectivity index (χ4v) is 2.72. The van der Waals surface area contributed by atoms with Crippen LogP contribution in [0.1, 0.15) is 11.3 Å². The summed E-state index contributed by atoms with van der Waals surface area (Å²) in [5.74, 6) is 0.992. The smallest absolute Gasteiger partial charge is 0.163 e. The zero-order valence-corrected chi connectivity index (χ0v) is 10.6. The Morgan fingerprint density at radius 1 is 1.26 bits per heavy atom. The maximum atomic E-state index is 5.79. The highest BCUT2D eigenvalue weighted by Crippen LogP contribution is 2.39. The molecule has 3 aromatic rings. The largest absolute Gasteiger partial charge is 0.492 e. The van der Waals surface area contributed by atoms with Crippen LogP contribution in [0.3, 0.4) is 0 Å². The Morgan fingerprint density at radius 3 is 3.16 bits per heavy atom. The van der Waals surface area contributed by atoms with Crippen molar-refractivity contribution in [2.75, 3.05) is 6.61 Å². The normalized spacial score (nSPS) is 13.5. The Labute approximate surface area is 110 Å². The standard InChI is InChI=1S/C15H13N3O/c1-10-13(15-16-7-3-8-18(15)17-10)12-5-2-4-11-6-9-19-14(11)12/h2-5,7-8H,6,9H2,1H3. The monoisotopic (exact) mass is 251 g/mol. The minimum Gasteiger partial charge on any atom is -0.492 e.